The number of allylic oxidation sites excluding steroid dienone is 3. The molecule has 0 aliphatic heterocycles. The van der Waals surface area contributed by atoms with Crippen LogP contribution in [0.15, 0.2) is 37.0 Å². The molecular weight excluding hydrogens is 240 g/mol. The zero-order valence-electron chi connectivity index (χ0n) is 13.8. The largest absolute Gasteiger partial charge is 0.0996 e. The molecule has 0 nitrogen and oxygen atoms in total. The van der Waals surface area contributed by atoms with Gasteiger partial charge in [0.1, 0.15) is 0 Å². The Morgan fingerprint density at radius 1 is 1.30 bits per heavy atom. The van der Waals surface area contributed by atoms with E-state index in [4.69, 9.17) is 0 Å². The minimum atomic E-state index is 0.457. The highest BCUT2D eigenvalue weighted by atomic mass is 14.6. The summed E-state index contributed by atoms with van der Waals surface area (Å²) in [4.78, 5) is 0. The van der Waals surface area contributed by atoms with Crippen LogP contribution in [0, 0.1) is 22.7 Å². The quantitative estimate of drug-likeness (QED) is 0.415. The summed E-state index contributed by atoms with van der Waals surface area (Å²) in [6, 6.07) is 0. The Balaban J connectivity index is 2.22. The van der Waals surface area contributed by atoms with Crippen molar-refractivity contribution in [3.63, 3.8) is 0 Å². The van der Waals surface area contributed by atoms with Crippen molar-refractivity contribution in [3.05, 3.63) is 37.0 Å². The van der Waals surface area contributed by atoms with Crippen LogP contribution in [0.2, 0.25) is 0 Å². The van der Waals surface area contributed by atoms with E-state index in [1.54, 1.807) is 0 Å². The molecule has 2 aliphatic rings. The zero-order chi connectivity index (χ0) is 15.0. The van der Waals surface area contributed by atoms with E-state index in [-0.39, 0.29) is 0 Å². The average Bonchev–Trinajstić information content (AvgIpc) is 2.36. The third-order valence-corrected chi connectivity index (χ3v) is 6.36. The summed E-state index contributed by atoms with van der Waals surface area (Å²) in [5.74, 6) is 1.54. The predicted octanol–water partition coefficient (Wildman–Crippen LogP) is 6.31. The molecule has 20 heavy (non-hydrogen) atoms. The molecule has 2 fully saturated rings. The van der Waals surface area contributed by atoms with Crippen LogP contribution in [0.1, 0.15) is 65.7 Å². The van der Waals surface area contributed by atoms with Gasteiger partial charge in [-0.3, -0.25) is 0 Å². The highest BCUT2D eigenvalue weighted by Crippen LogP contribution is 2.61. The molecule has 0 aromatic carbocycles. The molecule has 3 unspecified atom stereocenters. The summed E-state index contributed by atoms with van der Waals surface area (Å²) >= 11 is 0. The van der Waals surface area contributed by atoms with Crippen molar-refractivity contribution in [1.29, 1.82) is 0 Å². The van der Waals surface area contributed by atoms with Gasteiger partial charge in [-0.15, -0.1) is 0 Å². The highest BCUT2D eigenvalue weighted by Gasteiger charge is 2.52. The second kappa shape index (κ2) is 5.54. The molecule has 112 valence electrons. The van der Waals surface area contributed by atoms with Crippen LogP contribution in [0.3, 0.4) is 0 Å². The van der Waals surface area contributed by atoms with Gasteiger partial charge < -0.3 is 0 Å². The third-order valence-electron chi connectivity index (χ3n) is 6.36. The second-order valence-corrected chi connectivity index (χ2v) is 8.05. The molecule has 0 saturated heterocycles. The van der Waals surface area contributed by atoms with Crippen LogP contribution < -0.4 is 0 Å². The maximum atomic E-state index is 4.43. The molecule has 0 spiro atoms. The molecule has 0 radical (unpaired) electrons. The molecular formula is C20H32. The van der Waals surface area contributed by atoms with Crippen molar-refractivity contribution in [3.8, 4) is 0 Å². The Hall–Kier alpha value is -0.780. The summed E-state index contributed by atoms with van der Waals surface area (Å²) in [6.07, 6.45) is 10.9. The second-order valence-electron chi connectivity index (χ2n) is 8.05. The summed E-state index contributed by atoms with van der Waals surface area (Å²) in [5, 5.41) is 0. The smallest absolute Gasteiger partial charge is 0.0146 e. The Morgan fingerprint density at radius 2 is 2.00 bits per heavy atom. The Morgan fingerprint density at radius 3 is 2.65 bits per heavy atom. The van der Waals surface area contributed by atoms with Gasteiger partial charge in [-0.1, -0.05) is 64.2 Å². The Kier molecular flexibility index (Phi) is 4.33. The molecule has 2 rings (SSSR count). The SMILES string of the molecule is C=CC(=C)CCC1C(=C)CCC2C(C)(C)CCCC12C. The van der Waals surface area contributed by atoms with E-state index in [2.05, 4.69) is 40.5 Å². The molecule has 0 aromatic rings. The van der Waals surface area contributed by atoms with E-state index < -0.39 is 0 Å². The minimum Gasteiger partial charge on any atom is -0.0996 e. The van der Waals surface area contributed by atoms with Crippen molar-refractivity contribution in [2.45, 2.75) is 65.7 Å². The minimum absolute atomic E-state index is 0.457. The average molecular weight is 272 g/mol. The summed E-state index contributed by atoms with van der Waals surface area (Å²) < 4.78 is 0. The predicted molar refractivity (Wildman–Crippen MR) is 89.7 cm³/mol. The first kappa shape index (κ1) is 15.6. The van der Waals surface area contributed by atoms with Gasteiger partial charge in [-0.25, -0.2) is 0 Å². The number of fused-ring (bicyclic) bond motifs is 1. The van der Waals surface area contributed by atoms with Crippen LogP contribution in [0.4, 0.5) is 0 Å². The van der Waals surface area contributed by atoms with Gasteiger partial charge in [0.2, 0.25) is 0 Å². The standard InChI is InChI=1S/C20H32/c1-7-15(2)9-11-17-16(3)10-12-18-19(4,5)13-8-14-20(17,18)6/h7,17-18H,1-3,8-14H2,4-6H3. The first-order valence-corrected chi connectivity index (χ1v) is 8.29. The van der Waals surface area contributed by atoms with Crippen molar-refractivity contribution < 1.29 is 0 Å². The van der Waals surface area contributed by atoms with Crippen molar-refractivity contribution in [2.75, 3.05) is 0 Å². The van der Waals surface area contributed by atoms with Crippen LogP contribution in [0.5, 0.6) is 0 Å². The lowest BCUT2D eigenvalue weighted by atomic mass is 9.47. The van der Waals surface area contributed by atoms with E-state index in [9.17, 15) is 0 Å². The van der Waals surface area contributed by atoms with Gasteiger partial charge in [-0.2, -0.15) is 0 Å². The van der Waals surface area contributed by atoms with Crippen LogP contribution in [0.25, 0.3) is 0 Å². The Bertz CT molecular complexity index is 412. The molecule has 0 heterocycles. The van der Waals surface area contributed by atoms with E-state index in [1.165, 1.54) is 49.7 Å². The fourth-order valence-electron chi connectivity index (χ4n) is 5.24. The van der Waals surface area contributed by atoms with Gasteiger partial charge >= 0.3 is 0 Å². The topological polar surface area (TPSA) is 0 Å². The normalized spacial score (nSPS) is 36.2. The lowest BCUT2D eigenvalue weighted by Gasteiger charge is -2.58. The van der Waals surface area contributed by atoms with E-state index >= 15 is 0 Å². The molecule has 0 amide bonds. The first-order valence-electron chi connectivity index (χ1n) is 8.29. The zero-order valence-corrected chi connectivity index (χ0v) is 13.8. The summed E-state index contributed by atoms with van der Waals surface area (Å²) in [7, 11) is 0. The van der Waals surface area contributed by atoms with E-state index in [0.717, 1.165) is 12.3 Å². The van der Waals surface area contributed by atoms with E-state index in [0.29, 0.717) is 16.7 Å². The summed E-state index contributed by atoms with van der Waals surface area (Å²) in [5.41, 5.74) is 3.64. The van der Waals surface area contributed by atoms with Gasteiger partial charge in [0, 0.05) is 0 Å². The van der Waals surface area contributed by atoms with Gasteiger partial charge in [0.15, 0.2) is 0 Å². The third kappa shape index (κ3) is 2.67. The van der Waals surface area contributed by atoms with Crippen LogP contribution in [-0.4, -0.2) is 0 Å². The van der Waals surface area contributed by atoms with Gasteiger partial charge in [0.25, 0.3) is 0 Å². The maximum Gasteiger partial charge on any atom is -0.0146 e. The Labute approximate surface area is 126 Å². The molecule has 0 heteroatoms. The van der Waals surface area contributed by atoms with Crippen LogP contribution in [-0.2, 0) is 0 Å². The van der Waals surface area contributed by atoms with Crippen molar-refractivity contribution >= 4 is 0 Å². The van der Waals surface area contributed by atoms with Crippen LogP contribution >= 0.6 is 0 Å². The molecule has 0 bridgehead atoms. The maximum absolute atomic E-state index is 4.43. The lowest BCUT2D eigenvalue weighted by Crippen LogP contribution is -2.49. The van der Waals surface area contributed by atoms with Gasteiger partial charge in [-0.05, 0) is 61.2 Å². The molecule has 2 saturated carbocycles. The fraction of sp³-hybridized carbons (Fsp3) is 0.700. The molecule has 0 aromatic heterocycles. The van der Waals surface area contributed by atoms with E-state index in [1.807, 2.05) is 6.08 Å². The number of hydrogen-bond acceptors (Lipinski definition) is 0. The fourth-order valence-corrected chi connectivity index (χ4v) is 5.24. The van der Waals surface area contributed by atoms with Crippen molar-refractivity contribution in [1.82, 2.24) is 0 Å². The molecule has 2 aliphatic carbocycles. The lowest BCUT2D eigenvalue weighted by molar-refractivity contribution is -0.0538. The summed E-state index contributed by atoms with van der Waals surface area (Å²) in [6.45, 7) is 19.9. The van der Waals surface area contributed by atoms with Crippen molar-refractivity contribution in [2.24, 2.45) is 22.7 Å². The van der Waals surface area contributed by atoms with Gasteiger partial charge in [0.05, 0.1) is 0 Å². The monoisotopic (exact) mass is 272 g/mol. The highest BCUT2D eigenvalue weighted by molar-refractivity contribution is 5.18. The molecule has 0 N–H and O–H groups in total. The number of hydrogen-bond donors (Lipinski definition) is 0. The first-order chi connectivity index (χ1) is 9.31. The molecule has 3 atom stereocenters. The number of rotatable bonds is 4.